The molecule has 0 amide bonds. The first-order chi connectivity index (χ1) is 8.05. The summed E-state index contributed by atoms with van der Waals surface area (Å²) in [5.74, 6) is 0.879. The van der Waals surface area contributed by atoms with Crippen molar-refractivity contribution in [2.45, 2.75) is 45.1 Å². The van der Waals surface area contributed by atoms with E-state index in [1.807, 2.05) is 6.20 Å². The number of nitrogens with one attached hydrogen (secondary N) is 1. The lowest BCUT2D eigenvalue weighted by Gasteiger charge is -2.24. The van der Waals surface area contributed by atoms with E-state index in [-0.39, 0.29) is 5.41 Å². The van der Waals surface area contributed by atoms with Crippen LogP contribution in [0.25, 0.3) is 0 Å². The lowest BCUT2D eigenvalue weighted by atomic mass is 9.93. The molecule has 0 saturated carbocycles. The maximum atomic E-state index is 5.34. The van der Waals surface area contributed by atoms with Crippen molar-refractivity contribution in [1.29, 1.82) is 0 Å². The highest BCUT2D eigenvalue weighted by molar-refractivity contribution is 5.34. The van der Waals surface area contributed by atoms with Crippen molar-refractivity contribution >= 4 is 5.82 Å². The van der Waals surface area contributed by atoms with Gasteiger partial charge in [-0.05, 0) is 12.8 Å². The minimum absolute atomic E-state index is 0.0420. The summed E-state index contributed by atoms with van der Waals surface area (Å²) in [7, 11) is 0. The van der Waals surface area contributed by atoms with Crippen LogP contribution in [0.1, 0.15) is 39.3 Å². The monoisotopic (exact) mass is 235 g/mol. The Balaban J connectivity index is 2.05. The van der Waals surface area contributed by atoms with Crippen molar-refractivity contribution in [2.24, 2.45) is 0 Å². The summed E-state index contributed by atoms with van der Waals surface area (Å²) in [6, 6.07) is 0.466. The van der Waals surface area contributed by atoms with E-state index >= 15 is 0 Å². The van der Waals surface area contributed by atoms with Crippen LogP contribution >= 0.6 is 0 Å². The van der Waals surface area contributed by atoms with Crippen LogP contribution in [0, 0.1) is 0 Å². The largest absolute Gasteiger partial charge is 0.381 e. The predicted molar refractivity (Wildman–Crippen MR) is 68.2 cm³/mol. The molecule has 0 aliphatic carbocycles. The molecule has 17 heavy (non-hydrogen) atoms. The second-order valence-electron chi connectivity index (χ2n) is 5.57. The van der Waals surface area contributed by atoms with Crippen molar-refractivity contribution in [3.8, 4) is 0 Å². The van der Waals surface area contributed by atoms with E-state index in [1.54, 1.807) is 6.20 Å². The molecule has 2 heterocycles. The van der Waals surface area contributed by atoms with Crippen LogP contribution in [0.5, 0.6) is 0 Å². The highest BCUT2D eigenvalue weighted by Crippen LogP contribution is 2.21. The molecule has 1 aliphatic heterocycles. The first-order valence-electron chi connectivity index (χ1n) is 6.22. The fraction of sp³-hybridized carbons (Fsp3) is 0.692. The maximum absolute atomic E-state index is 5.34. The molecule has 0 aromatic carbocycles. The fourth-order valence-corrected chi connectivity index (χ4v) is 1.85. The zero-order valence-corrected chi connectivity index (χ0v) is 10.9. The average molecular weight is 235 g/mol. The van der Waals surface area contributed by atoms with Crippen LogP contribution in [-0.2, 0) is 10.2 Å². The molecule has 0 atom stereocenters. The zero-order chi connectivity index (χ0) is 12.3. The fourth-order valence-electron chi connectivity index (χ4n) is 1.85. The Morgan fingerprint density at radius 3 is 2.59 bits per heavy atom. The lowest BCUT2D eigenvalue weighted by Crippen LogP contribution is -2.28. The zero-order valence-electron chi connectivity index (χ0n) is 10.9. The van der Waals surface area contributed by atoms with Gasteiger partial charge >= 0.3 is 0 Å². The van der Waals surface area contributed by atoms with Gasteiger partial charge in [0.1, 0.15) is 5.82 Å². The summed E-state index contributed by atoms with van der Waals surface area (Å²) in [6.45, 7) is 8.12. The highest BCUT2D eigenvalue weighted by atomic mass is 16.5. The van der Waals surface area contributed by atoms with Gasteiger partial charge in [0.2, 0.25) is 0 Å². The van der Waals surface area contributed by atoms with E-state index in [9.17, 15) is 0 Å². The molecule has 0 unspecified atom stereocenters. The van der Waals surface area contributed by atoms with E-state index < -0.39 is 0 Å². The van der Waals surface area contributed by atoms with E-state index in [4.69, 9.17) is 4.74 Å². The van der Waals surface area contributed by atoms with Gasteiger partial charge in [0.05, 0.1) is 11.9 Å². The van der Waals surface area contributed by atoms with Crippen molar-refractivity contribution in [2.75, 3.05) is 18.5 Å². The molecule has 2 rings (SSSR count). The molecule has 4 heteroatoms. The third-order valence-electron chi connectivity index (χ3n) is 2.98. The Hall–Kier alpha value is -1.16. The van der Waals surface area contributed by atoms with Crippen LogP contribution in [0.15, 0.2) is 12.4 Å². The van der Waals surface area contributed by atoms with Gasteiger partial charge < -0.3 is 10.1 Å². The van der Waals surface area contributed by atoms with Gasteiger partial charge in [-0.1, -0.05) is 20.8 Å². The topological polar surface area (TPSA) is 47.0 Å². The number of anilines is 1. The second kappa shape index (κ2) is 5.00. The van der Waals surface area contributed by atoms with Gasteiger partial charge in [-0.2, -0.15) is 0 Å². The maximum Gasteiger partial charge on any atom is 0.145 e. The molecule has 4 nitrogen and oxygen atoms in total. The normalized spacial score (nSPS) is 18.1. The van der Waals surface area contributed by atoms with Gasteiger partial charge in [-0.15, -0.1) is 0 Å². The Morgan fingerprint density at radius 2 is 1.94 bits per heavy atom. The SMILES string of the molecule is CC(C)(C)c1cncc(NC2CCOCC2)n1. The number of nitrogens with zero attached hydrogens (tertiary/aromatic N) is 2. The molecule has 1 fully saturated rings. The Bertz CT molecular complexity index is 367. The van der Waals surface area contributed by atoms with Crippen LogP contribution in [-0.4, -0.2) is 29.2 Å². The second-order valence-corrected chi connectivity index (χ2v) is 5.57. The summed E-state index contributed by atoms with van der Waals surface area (Å²) < 4.78 is 5.34. The van der Waals surface area contributed by atoms with Crippen LogP contribution in [0.4, 0.5) is 5.82 Å². The quantitative estimate of drug-likeness (QED) is 0.855. The van der Waals surface area contributed by atoms with Gasteiger partial charge in [-0.3, -0.25) is 4.98 Å². The molecular formula is C13H21N3O. The Morgan fingerprint density at radius 1 is 1.24 bits per heavy atom. The molecule has 0 spiro atoms. The number of aromatic nitrogens is 2. The number of hydrogen-bond acceptors (Lipinski definition) is 4. The van der Waals surface area contributed by atoms with E-state index in [0.717, 1.165) is 37.6 Å². The Labute approximate surface area is 103 Å². The average Bonchev–Trinajstić information content (AvgIpc) is 2.29. The van der Waals surface area contributed by atoms with Gasteiger partial charge in [0.25, 0.3) is 0 Å². The molecule has 1 saturated heterocycles. The lowest BCUT2D eigenvalue weighted by molar-refractivity contribution is 0.0903. The summed E-state index contributed by atoms with van der Waals surface area (Å²) in [5, 5.41) is 3.44. The molecule has 1 aromatic heterocycles. The summed E-state index contributed by atoms with van der Waals surface area (Å²) in [6.07, 6.45) is 5.72. The molecular weight excluding hydrogens is 214 g/mol. The van der Waals surface area contributed by atoms with Gasteiger partial charge in [0.15, 0.2) is 0 Å². The third-order valence-corrected chi connectivity index (χ3v) is 2.98. The number of ether oxygens (including phenoxy) is 1. The summed E-state index contributed by atoms with van der Waals surface area (Å²) >= 11 is 0. The molecule has 0 radical (unpaired) electrons. The summed E-state index contributed by atoms with van der Waals surface area (Å²) in [5.41, 5.74) is 1.06. The van der Waals surface area contributed by atoms with Gasteiger partial charge in [0, 0.05) is 30.9 Å². The van der Waals surface area contributed by atoms with Gasteiger partial charge in [-0.25, -0.2) is 4.98 Å². The minimum Gasteiger partial charge on any atom is -0.381 e. The predicted octanol–water partition coefficient (Wildman–Crippen LogP) is 2.37. The van der Waals surface area contributed by atoms with Crippen LogP contribution in [0.3, 0.4) is 0 Å². The van der Waals surface area contributed by atoms with Crippen LogP contribution in [0.2, 0.25) is 0 Å². The van der Waals surface area contributed by atoms with E-state index in [2.05, 4.69) is 36.1 Å². The van der Waals surface area contributed by atoms with Crippen molar-refractivity contribution in [1.82, 2.24) is 9.97 Å². The van der Waals surface area contributed by atoms with Crippen molar-refractivity contribution < 1.29 is 4.74 Å². The van der Waals surface area contributed by atoms with Crippen molar-refractivity contribution in [3.63, 3.8) is 0 Å². The molecule has 1 aliphatic rings. The third kappa shape index (κ3) is 3.40. The number of rotatable bonds is 2. The smallest absolute Gasteiger partial charge is 0.145 e. The highest BCUT2D eigenvalue weighted by Gasteiger charge is 2.18. The minimum atomic E-state index is 0.0420. The Kier molecular flexibility index (Phi) is 3.62. The molecule has 94 valence electrons. The number of hydrogen-bond donors (Lipinski definition) is 1. The van der Waals surface area contributed by atoms with E-state index in [1.165, 1.54) is 0 Å². The molecule has 1 N–H and O–H groups in total. The van der Waals surface area contributed by atoms with Crippen LogP contribution < -0.4 is 5.32 Å². The first kappa shape index (κ1) is 12.3. The van der Waals surface area contributed by atoms with Crippen molar-refractivity contribution in [3.05, 3.63) is 18.1 Å². The molecule has 1 aromatic rings. The van der Waals surface area contributed by atoms with E-state index in [0.29, 0.717) is 6.04 Å². The molecule has 0 bridgehead atoms. The standard InChI is InChI=1S/C13H21N3O/c1-13(2,3)11-8-14-9-12(16-11)15-10-4-6-17-7-5-10/h8-10H,4-7H2,1-3H3,(H,15,16). The first-order valence-corrected chi connectivity index (χ1v) is 6.22. The summed E-state index contributed by atoms with van der Waals surface area (Å²) in [4.78, 5) is 8.88.